The molecule has 0 amide bonds. The van der Waals surface area contributed by atoms with Crippen LogP contribution in [0.2, 0.25) is 5.02 Å². The smallest absolute Gasteiger partial charge is 0.331 e. The van der Waals surface area contributed by atoms with Crippen molar-refractivity contribution >= 4 is 39.5 Å². The minimum absolute atomic E-state index is 0.187. The third-order valence-corrected chi connectivity index (χ3v) is 6.71. The molecule has 0 spiro atoms. The molecular formula is C22H24ClNO5S. The normalized spacial score (nSPS) is 12.8. The zero-order valence-corrected chi connectivity index (χ0v) is 18.6. The molecule has 0 saturated heterocycles. The minimum atomic E-state index is -3.53. The highest BCUT2D eigenvalue weighted by atomic mass is 35.5. The molecule has 2 aromatic rings. The zero-order chi connectivity index (χ0) is 22.3. The first-order valence-corrected chi connectivity index (χ1v) is 11.3. The van der Waals surface area contributed by atoms with Gasteiger partial charge in [0.25, 0.3) is 0 Å². The van der Waals surface area contributed by atoms with E-state index in [1.54, 1.807) is 44.2 Å². The van der Waals surface area contributed by atoms with Gasteiger partial charge in [-0.3, -0.25) is 4.79 Å². The van der Waals surface area contributed by atoms with E-state index in [0.29, 0.717) is 29.2 Å². The van der Waals surface area contributed by atoms with E-state index in [0.717, 1.165) is 0 Å². The van der Waals surface area contributed by atoms with Gasteiger partial charge in [0.15, 0.2) is 6.10 Å². The Kier molecular flexibility index (Phi) is 8.34. The van der Waals surface area contributed by atoms with E-state index in [1.807, 2.05) is 0 Å². The lowest BCUT2D eigenvalue weighted by Gasteiger charge is -2.18. The summed E-state index contributed by atoms with van der Waals surface area (Å²) in [6, 6.07) is 12.6. The largest absolute Gasteiger partial charge is 0.451 e. The molecule has 8 heteroatoms. The summed E-state index contributed by atoms with van der Waals surface area (Å²) in [5, 5.41) is 0.422. The SMILES string of the molecule is CCN(CC)S(=O)(=O)c1ccc(/C=C/C(=O)O[C@@H](C)C(=O)c2cccc(Cl)c2)cc1. The van der Waals surface area contributed by atoms with Crippen LogP contribution < -0.4 is 0 Å². The maximum atomic E-state index is 12.5. The van der Waals surface area contributed by atoms with Gasteiger partial charge in [0.1, 0.15) is 0 Å². The maximum Gasteiger partial charge on any atom is 0.331 e. The molecule has 1 atom stereocenters. The molecule has 0 aliphatic heterocycles. The number of ether oxygens (including phenoxy) is 1. The van der Waals surface area contributed by atoms with Crippen molar-refractivity contribution in [1.82, 2.24) is 4.31 Å². The van der Waals surface area contributed by atoms with E-state index in [2.05, 4.69) is 0 Å². The Morgan fingerprint density at radius 1 is 1.10 bits per heavy atom. The fourth-order valence-corrected chi connectivity index (χ4v) is 4.42. The van der Waals surface area contributed by atoms with Gasteiger partial charge in [-0.05, 0) is 42.8 Å². The molecule has 0 aliphatic rings. The summed E-state index contributed by atoms with van der Waals surface area (Å²) < 4.78 is 31.5. The van der Waals surface area contributed by atoms with Gasteiger partial charge < -0.3 is 4.74 Å². The first-order chi connectivity index (χ1) is 14.2. The Balaban J connectivity index is 2.02. The lowest BCUT2D eigenvalue weighted by Crippen LogP contribution is -2.30. The van der Waals surface area contributed by atoms with Crippen molar-refractivity contribution in [3.63, 3.8) is 0 Å². The van der Waals surface area contributed by atoms with Crippen LogP contribution in [-0.4, -0.2) is 43.7 Å². The highest BCUT2D eigenvalue weighted by Crippen LogP contribution is 2.17. The summed E-state index contributed by atoms with van der Waals surface area (Å²) in [5.41, 5.74) is 0.982. The van der Waals surface area contributed by atoms with Crippen molar-refractivity contribution in [2.75, 3.05) is 13.1 Å². The molecule has 0 aromatic heterocycles. The summed E-state index contributed by atoms with van der Waals surface area (Å²) in [4.78, 5) is 24.5. The number of benzene rings is 2. The number of sulfonamides is 1. The predicted molar refractivity (Wildman–Crippen MR) is 117 cm³/mol. The number of ketones is 1. The monoisotopic (exact) mass is 449 g/mol. The van der Waals surface area contributed by atoms with Crippen LogP contribution in [0, 0.1) is 0 Å². The lowest BCUT2D eigenvalue weighted by molar-refractivity contribution is -0.140. The van der Waals surface area contributed by atoms with Crippen LogP contribution in [-0.2, 0) is 19.6 Å². The third-order valence-electron chi connectivity index (χ3n) is 4.41. The van der Waals surface area contributed by atoms with Crippen LogP contribution in [0.4, 0.5) is 0 Å². The Bertz CT molecular complexity index is 1030. The molecule has 0 aliphatic carbocycles. The summed E-state index contributed by atoms with van der Waals surface area (Å²) in [5.74, 6) is -1.04. The number of halogens is 1. The van der Waals surface area contributed by atoms with Crippen LogP contribution in [0.3, 0.4) is 0 Å². The van der Waals surface area contributed by atoms with Crippen LogP contribution in [0.5, 0.6) is 0 Å². The molecule has 6 nitrogen and oxygen atoms in total. The van der Waals surface area contributed by atoms with E-state index in [4.69, 9.17) is 16.3 Å². The van der Waals surface area contributed by atoms with Crippen LogP contribution in [0.25, 0.3) is 6.08 Å². The average Bonchev–Trinajstić information content (AvgIpc) is 2.72. The molecule has 0 bridgehead atoms. The van der Waals surface area contributed by atoms with Crippen molar-refractivity contribution in [3.8, 4) is 0 Å². The Hall–Kier alpha value is -2.48. The van der Waals surface area contributed by atoms with E-state index in [1.165, 1.54) is 41.6 Å². The summed E-state index contributed by atoms with van der Waals surface area (Å²) >= 11 is 5.88. The van der Waals surface area contributed by atoms with Crippen molar-refractivity contribution in [3.05, 3.63) is 70.8 Å². The Labute approximate surface area is 182 Å². The quantitative estimate of drug-likeness (QED) is 0.325. The second-order valence-corrected chi connectivity index (χ2v) is 8.82. The molecule has 0 fully saturated rings. The fraction of sp³-hybridized carbons (Fsp3) is 0.273. The molecule has 0 radical (unpaired) electrons. The van der Waals surface area contributed by atoms with Crippen LogP contribution in [0.15, 0.2) is 59.5 Å². The van der Waals surface area contributed by atoms with Gasteiger partial charge in [-0.2, -0.15) is 4.31 Å². The van der Waals surface area contributed by atoms with Gasteiger partial charge in [0.2, 0.25) is 15.8 Å². The predicted octanol–water partition coefficient (Wildman–Crippen LogP) is 4.20. The molecule has 30 heavy (non-hydrogen) atoms. The first-order valence-electron chi connectivity index (χ1n) is 9.47. The first kappa shape index (κ1) is 23.8. The highest BCUT2D eigenvalue weighted by Gasteiger charge is 2.21. The Morgan fingerprint density at radius 3 is 2.30 bits per heavy atom. The van der Waals surface area contributed by atoms with E-state index in [-0.39, 0.29) is 10.7 Å². The second-order valence-electron chi connectivity index (χ2n) is 6.45. The number of nitrogens with zero attached hydrogens (tertiary/aromatic N) is 1. The van der Waals surface area contributed by atoms with Crippen molar-refractivity contribution in [1.29, 1.82) is 0 Å². The van der Waals surface area contributed by atoms with Gasteiger partial charge in [0, 0.05) is 29.8 Å². The highest BCUT2D eigenvalue weighted by molar-refractivity contribution is 7.89. The van der Waals surface area contributed by atoms with Gasteiger partial charge in [-0.25, -0.2) is 13.2 Å². The molecule has 0 saturated carbocycles. The fourth-order valence-electron chi connectivity index (χ4n) is 2.77. The molecular weight excluding hydrogens is 426 g/mol. The number of Topliss-reactive ketones (excluding diaryl/α,β-unsaturated/α-hetero) is 1. The molecule has 0 unspecified atom stereocenters. The van der Waals surface area contributed by atoms with Gasteiger partial charge in [-0.15, -0.1) is 0 Å². The van der Waals surface area contributed by atoms with Crippen molar-refractivity contribution < 1.29 is 22.7 Å². The number of carbonyl (C=O) groups excluding carboxylic acids is 2. The van der Waals surface area contributed by atoms with Gasteiger partial charge >= 0.3 is 5.97 Å². The Morgan fingerprint density at radius 2 is 1.73 bits per heavy atom. The van der Waals surface area contributed by atoms with E-state index in [9.17, 15) is 18.0 Å². The van der Waals surface area contributed by atoms with E-state index >= 15 is 0 Å². The van der Waals surface area contributed by atoms with Gasteiger partial charge in [0.05, 0.1) is 4.90 Å². The minimum Gasteiger partial charge on any atom is -0.451 e. The standard InChI is InChI=1S/C22H24ClNO5S/c1-4-24(5-2)30(27,28)20-12-9-17(10-13-20)11-14-21(25)29-16(3)22(26)18-7-6-8-19(23)15-18/h6-16H,4-5H2,1-3H3/b14-11+/t16-/m0/s1. The second kappa shape index (κ2) is 10.5. The van der Waals surface area contributed by atoms with Gasteiger partial charge in [-0.1, -0.05) is 49.7 Å². The molecule has 0 N–H and O–H groups in total. The summed E-state index contributed by atoms with van der Waals surface area (Å²) in [7, 11) is -3.53. The topological polar surface area (TPSA) is 80.8 Å². The number of rotatable bonds is 9. The molecule has 2 aromatic carbocycles. The number of carbonyl (C=O) groups is 2. The molecule has 0 heterocycles. The van der Waals surface area contributed by atoms with Crippen LogP contribution in [0.1, 0.15) is 36.7 Å². The average molecular weight is 450 g/mol. The molecule has 160 valence electrons. The summed E-state index contributed by atoms with van der Waals surface area (Å²) in [6.45, 7) is 5.82. The number of hydrogen-bond donors (Lipinski definition) is 0. The molecule has 2 rings (SSSR count). The number of esters is 1. The number of hydrogen-bond acceptors (Lipinski definition) is 5. The van der Waals surface area contributed by atoms with Crippen molar-refractivity contribution in [2.24, 2.45) is 0 Å². The van der Waals surface area contributed by atoms with Crippen molar-refractivity contribution in [2.45, 2.75) is 31.8 Å². The summed E-state index contributed by atoms with van der Waals surface area (Å²) in [6.07, 6.45) is 1.71. The maximum absolute atomic E-state index is 12.5. The van der Waals surface area contributed by atoms with E-state index < -0.39 is 22.1 Å². The third kappa shape index (κ3) is 6.01. The lowest BCUT2D eigenvalue weighted by atomic mass is 10.1. The van der Waals surface area contributed by atoms with Crippen LogP contribution >= 0.6 is 11.6 Å². The zero-order valence-electron chi connectivity index (χ0n) is 17.0.